The van der Waals surface area contributed by atoms with Crippen molar-refractivity contribution >= 4 is 23.2 Å². The van der Waals surface area contributed by atoms with Gasteiger partial charge in [0, 0.05) is 0 Å². The van der Waals surface area contributed by atoms with Crippen LogP contribution in [0.15, 0.2) is 18.2 Å². The summed E-state index contributed by atoms with van der Waals surface area (Å²) < 4.78 is 13.3. The molecule has 3 N–H and O–H groups in total. The summed E-state index contributed by atoms with van der Waals surface area (Å²) in [4.78, 5) is 11.6. The molecule has 1 aromatic carbocycles. The molecule has 16 heavy (non-hydrogen) atoms. The number of halogens is 2. The summed E-state index contributed by atoms with van der Waals surface area (Å²) in [5.74, 6) is -1.04. The van der Waals surface area contributed by atoms with Gasteiger partial charge >= 0.3 is 0 Å². The van der Waals surface area contributed by atoms with Gasteiger partial charge in [0.25, 0.3) is 0 Å². The van der Waals surface area contributed by atoms with E-state index in [2.05, 4.69) is 5.32 Å². The number of anilines is 1. The van der Waals surface area contributed by atoms with Crippen LogP contribution in [0.4, 0.5) is 10.1 Å². The number of rotatable bonds is 3. The Bertz CT molecular complexity index is 375. The predicted octanol–water partition coefficient (Wildman–Crippen LogP) is 2.40. The molecule has 1 amide bonds. The van der Waals surface area contributed by atoms with Gasteiger partial charge < -0.3 is 11.1 Å². The van der Waals surface area contributed by atoms with E-state index in [9.17, 15) is 9.18 Å². The van der Waals surface area contributed by atoms with E-state index in [4.69, 9.17) is 17.3 Å². The van der Waals surface area contributed by atoms with Crippen LogP contribution in [0.1, 0.15) is 13.8 Å². The molecule has 3 nitrogen and oxygen atoms in total. The lowest BCUT2D eigenvalue weighted by molar-refractivity contribution is -0.118. The summed E-state index contributed by atoms with van der Waals surface area (Å²) in [6.07, 6.45) is 0. The molecule has 0 saturated heterocycles. The van der Waals surface area contributed by atoms with Crippen molar-refractivity contribution in [1.82, 2.24) is 0 Å². The van der Waals surface area contributed by atoms with Crippen LogP contribution in [0.25, 0.3) is 0 Å². The highest BCUT2D eigenvalue weighted by Crippen LogP contribution is 2.24. The summed E-state index contributed by atoms with van der Waals surface area (Å²) in [7, 11) is 0. The third kappa shape index (κ3) is 2.93. The summed E-state index contributed by atoms with van der Waals surface area (Å²) in [5.41, 5.74) is 5.61. The quantitative estimate of drug-likeness (QED) is 0.858. The third-order valence-corrected chi connectivity index (χ3v) is 2.55. The number of benzene rings is 1. The van der Waals surface area contributed by atoms with Crippen LogP contribution in [0.3, 0.4) is 0 Å². The van der Waals surface area contributed by atoms with Gasteiger partial charge in [-0.05, 0) is 18.1 Å². The van der Waals surface area contributed by atoms with Crippen molar-refractivity contribution in [3.63, 3.8) is 0 Å². The number of carbonyl (C=O) groups is 1. The molecule has 1 rings (SSSR count). The molecular formula is C11H14ClFN2O. The fourth-order valence-electron chi connectivity index (χ4n) is 1.13. The topological polar surface area (TPSA) is 55.1 Å². The standard InChI is InChI=1S/C11H14ClFN2O/c1-6(2)9(14)11(16)15-10-7(12)4-3-5-8(10)13/h3-6,9H,14H2,1-2H3,(H,15,16). The second kappa shape index (κ2) is 5.27. The molecule has 0 fully saturated rings. The molecule has 0 aliphatic rings. The average molecular weight is 245 g/mol. The van der Waals surface area contributed by atoms with Crippen molar-refractivity contribution in [3.8, 4) is 0 Å². The predicted molar refractivity (Wildman–Crippen MR) is 62.9 cm³/mol. The number of hydrogen-bond donors (Lipinski definition) is 2. The molecule has 0 radical (unpaired) electrons. The van der Waals surface area contributed by atoms with E-state index < -0.39 is 17.8 Å². The Balaban J connectivity index is 2.85. The minimum absolute atomic E-state index is 0.0226. The van der Waals surface area contributed by atoms with Gasteiger partial charge in [0.15, 0.2) is 0 Å². The zero-order valence-corrected chi connectivity index (χ0v) is 9.88. The zero-order valence-electron chi connectivity index (χ0n) is 9.13. The van der Waals surface area contributed by atoms with Crippen LogP contribution in [0, 0.1) is 11.7 Å². The van der Waals surface area contributed by atoms with Gasteiger partial charge in [-0.25, -0.2) is 4.39 Å². The Hall–Kier alpha value is -1.13. The Morgan fingerprint density at radius 3 is 2.62 bits per heavy atom. The third-order valence-electron chi connectivity index (χ3n) is 2.23. The van der Waals surface area contributed by atoms with E-state index >= 15 is 0 Å². The van der Waals surface area contributed by atoms with Gasteiger partial charge in [0.2, 0.25) is 5.91 Å². The fraction of sp³-hybridized carbons (Fsp3) is 0.364. The van der Waals surface area contributed by atoms with Crippen LogP contribution >= 0.6 is 11.6 Å². The maximum Gasteiger partial charge on any atom is 0.241 e. The lowest BCUT2D eigenvalue weighted by Crippen LogP contribution is -2.40. The number of nitrogens with two attached hydrogens (primary N) is 1. The molecular weight excluding hydrogens is 231 g/mol. The molecule has 5 heteroatoms. The van der Waals surface area contributed by atoms with Crippen LogP contribution < -0.4 is 11.1 Å². The minimum atomic E-state index is -0.685. The first kappa shape index (κ1) is 12.9. The van der Waals surface area contributed by atoms with Crippen LogP contribution in [0.5, 0.6) is 0 Å². The van der Waals surface area contributed by atoms with E-state index in [1.165, 1.54) is 18.2 Å². The van der Waals surface area contributed by atoms with Gasteiger partial charge in [0.1, 0.15) is 5.82 Å². The zero-order chi connectivity index (χ0) is 12.3. The summed E-state index contributed by atoms with van der Waals surface area (Å²) in [6, 6.07) is 3.51. The molecule has 0 bridgehead atoms. The molecule has 0 aliphatic carbocycles. The first-order valence-electron chi connectivity index (χ1n) is 4.94. The van der Waals surface area contributed by atoms with Gasteiger partial charge in [0.05, 0.1) is 16.8 Å². The molecule has 1 aromatic rings. The van der Waals surface area contributed by atoms with Crippen molar-refractivity contribution in [1.29, 1.82) is 0 Å². The average Bonchev–Trinajstić information content (AvgIpc) is 2.22. The Labute approximate surface area is 98.8 Å². The molecule has 0 spiro atoms. The molecule has 88 valence electrons. The van der Waals surface area contributed by atoms with E-state index in [-0.39, 0.29) is 16.6 Å². The number of nitrogens with one attached hydrogen (secondary N) is 1. The van der Waals surface area contributed by atoms with Crippen molar-refractivity contribution in [2.24, 2.45) is 11.7 Å². The first-order valence-corrected chi connectivity index (χ1v) is 5.31. The highest BCUT2D eigenvalue weighted by atomic mass is 35.5. The smallest absolute Gasteiger partial charge is 0.241 e. The second-order valence-corrected chi connectivity index (χ2v) is 4.26. The lowest BCUT2D eigenvalue weighted by Gasteiger charge is -2.16. The SMILES string of the molecule is CC(C)C(N)C(=O)Nc1c(F)cccc1Cl. The van der Waals surface area contributed by atoms with Crippen molar-refractivity contribution in [2.75, 3.05) is 5.32 Å². The van der Waals surface area contributed by atoms with Gasteiger partial charge in [-0.2, -0.15) is 0 Å². The summed E-state index contributed by atoms with van der Waals surface area (Å²) >= 11 is 5.76. The monoisotopic (exact) mass is 244 g/mol. The van der Waals surface area contributed by atoms with Crippen molar-refractivity contribution < 1.29 is 9.18 Å². The Morgan fingerprint density at radius 2 is 2.12 bits per heavy atom. The largest absolute Gasteiger partial charge is 0.321 e. The molecule has 1 atom stereocenters. The minimum Gasteiger partial charge on any atom is -0.321 e. The van der Waals surface area contributed by atoms with Gasteiger partial charge in [-0.3, -0.25) is 4.79 Å². The number of hydrogen-bond acceptors (Lipinski definition) is 2. The fourth-order valence-corrected chi connectivity index (χ4v) is 1.34. The molecule has 1 unspecified atom stereocenters. The molecule has 0 heterocycles. The first-order chi connectivity index (χ1) is 7.43. The maximum absolute atomic E-state index is 13.3. The number of carbonyl (C=O) groups excluding carboxylic acids is 1. The Morgan fingerprint density at radius 1 is 1.50 bits per heavy atom. The second-order valence-electron chi connectivity index (χ2n) is 3.86. The van der Waals surface area contributed by atoms with E-state index in [1.54, 1.807) is 0 Å². The van der Waals surface area contributed by atoms with Crippen molar-refractivity contribution in [3.05, 3.63) is 29.0 Å². The number of amides is 1. The Kier molecular flexibility index (Phi) is 4.26. The van der Waals surface area contributed by atoms with Crippen LogP contribution in [-0.2, 0) is 4.79 Å². The summed E-state index contributed by atoms with van der Waals surface area (Å²) in [5, 5.41) is 2.55. The van der Waals surface area contributed by atoms with Gasteiger partial charge in [-0.15, -0.1) is 0 Å². The van der Waals surface area contributed by atoms with E-state index in [0.29, 0.717) is 0 Å². The van der Waals surface area contributed by atoms with Gasteiger partial charge in [-0.1, -0.05) is 31.5 Å². The lowest BCUT2D eigenvalue weighted by atomic mass is 10.0. The maximum atomic E-state index is 13.3. The highest BCUT2D eigenvalue weighted by Gasteiger charge is 2.19. The number of para-hydroxylation sites is 1. The molecule has 0 saturated carbocycles. The van der Waals surface area contributed by atoms with Crippen LogP contribution in [-0.4, -0.2) is 11.9 Å². The molecule has 0 aromatic heterocycles. The van der Waals surface area contributed by atoms with Crippen molar-refractivity contribution in [2.45, 2.75) is 19.9 Å². The van der Waals surface area contributed by atoms with Crippen LogP contribution in [0.2, 0.25) is 5.02 Å². The highest BCUT2D eigenvalue weighted by molar-refractivity contribution is 6.33. The summed E-state index contributed by atoms with van der Waals surface area (Å²) in [6.45, 7) is 3.63. The van der Waals surface area contributed by atoms with E-state index in [1.807, 2.05) is 13.8 Å². The van der Waals surface area contributed by atoms with E-state index in [0.717, 1.165) is 0 Å². The normalized spacial score (nSPS) is 12.6. The molecule has 0 aliphatic heterocycles.